The highest BCUT2D eigenvalue weighted by atomic mass is 16.3. The molecule has 0 spiro atoms. The highest BCUT2D eigenvalue weighted by molar-refractivity contribution is 4.57. The summed E-state index contributed by atoms with van der Waals surface area (Å²) in [6.45, 7) is 2.55. The zero-order valence-electron chi connectivity index (χ0n) is 19.4. The number of aliphatic hydroxyl groups excluding tert-OH is 2. The number of aliphatic hydroxyl groups is 2. The number of hydrogen-bond acceptors (Lipinski definition) is 2. The van der Waals surface area contributed by atoms with E-state index in [1.807, 2.05) is 0 Å². The summed E-state index contributed by atoms with van der Waals surface area (Å²) in [4.78, 5) is 0. The minimum absolute atomic E-state index is 0.141. The molecule has 0 aromatic rings. The number of rotatable bonds is 24. The van der Waals surface area contributed by atoms with Crippen molar-refractivity contribution in [2.24, 2.45) is 0 Å². The summed E-state index contributed by atoms with van der Waals surface area (Å²) in [5, 5.41) is 18.6. The summed E-state index contributed by atoms with van der Waals surface area (Å²) in [5.41, 5.74) is 0. The van der Waals surface area contributed by atoms with E-state index in [9.17, 15) is 5.11 Å². The Balaban J connectivity index is 3.05. The van der Waals surface area contributed by atoms with E-state index in [1.165, 1.54) is 122 Å². The molecule has 0 radical (unpaired) electrons. The van der Waals surface area contributed by atoms with Gasteiger partial charge in [-0.3, -0.25) is 0 Å². The van der Waals surface area contributed by atoms with Crippen LogP contribution in [-0.4, -0.2) is 22.9 Å². The molecule has 1 unspecified atom stereocenters. The second kappa shape index (κ2) is 25.0. The van der Waals surface area contributed by atoms with Gasteiger partial charge in [0.15, 0.2) is 0 Å². The highest BCUT2D eigenvalue weighted by Crippen LogP contribution is 2.15. The smallest absolute Gasteiger partial charge is 0.0540 e. The Bertz CT molecular complexity index is 267. The molecule has 0 aliphatic carbocycles. The SMILES string of the molecule is CCCCCCCCCCCCCCCCCCCCCC(O)CCCCO. The van der Waals surface area contributed by atoms with E-state index in [0.29, 0.717) is 0 Å². The van der Waals surface area contributed by atoms with Crippen LogP contribution < -0.4 is 0 Å². The van der Waals surface area contributed by atoms with Gasteiger partial charge in [-0.05, 0) is 25.7 Å². The van der Waals surface area contributed by atoms with E-state index in [0.717, 1.165) is 25.7 Å². The highest BCUT2D eigenvalue weighted by Gasteiger charge is 2.03. The average Bonchev–Trinajstić information content (AvgIpc) is 2.70. The van der Waals surface area contributed by atoms with Crippen molar-refractivity contribution < 1.29 is 10.2 Å². The third-order valence-electron chi connectivity index (χ3n) is 6.09. The van der Waals surface area contributed by atoms with Crippen molar-refractivity contribution in [3.63, 3.8) is 0 Å². The fourth-order valence-electron chi connectivity index (χ4n) is 4.09. The monoisotopic (exact) mass is 398 g/mol. The maximum absolute atomic E-state index is 9.84. The Hall–Kier alpha value is -0.0800. The van der Waals surface area contributed by atoms with E-state index in [4.69, 9.17) is 5.11 Å². The van der Waals surface area contributed by atoms with E-state index in [2.05, 4.69) is 6.92 Å². The van der Waals surface area contributed by atoms with Crippen molar-refractivity contribution >= 4 is 0 Å². The minimum Gasteiger partial charge on any atom is -0.396 e. The summed E-state index contributed by atoms with van der Waals surface area (Å²) >= 11 is 0. The molecule has 0 aliphatic heterocycles. The van der Waals surface area contributed by atoms with Crippen molar-refractivity contribution in [2.75, 3.05) is 6.61 Å². The van der Waals surface area contributed by atoms with Crippen LogP contribution in [0.2, 0.25) is 0 Å². The topological polar surface area (TPSA) is 40.5 Å². The minimum atomic E-state index is -0.141. The van der Waals surface area contributed by atoms with Gasteiger partial charge in [0.2, 0.25) is 0 Å². The Morgan fingerprint density at radius 1 is 0.429 bits per heavy atom. The van der Waals surface area contributed by atoms with Crippen LogP contribution in [0.15, 0.2) is 0 Å². The first-order valence-electron chi connectivity index (χ1n) is 13.1. The van der Waals surface area contributed by atoms with E-state index in [1.54, 1.807) is 0 Å². The molecule has 1 atom stereocenters. The molecule has 0 aliphatic rings. The molecule has 0 aromatic carbocycles. The van der Waals surface area contributed by atoms with Gasteiger partial charge in [0.25, 0.3) is 0 Å². The van der Waals surface area contributed by atoms with Crippen molar-refractivity contribution in [2.45, 2.75) is 161 Å². The fraction of sp³-hybridized carbons (Fsp3) is 1.00. The summed E-state index contributed by atoms with van der Waals surface area (Å²) in [6, 6.07) is 0. The van der Waals surface area contributed by atoms with Crippen LogP contribution in [0.25, 0.3) is 0 Å². The Labute approximate surface area is 177 Å². The molecule has 2 N–H and O–H groups in total. The zero-order valence-corrected chi connectivity index (χ0v) is 19.4. The Morgan fingerprint density at radius 2 is 0.714 bits per heavy atom. The molecule has 28 heavy (non-hydrogen) atoms. The third kappa shape index (κ3) is 24.0. The second-order valence-corrected chi connectivity index (χ2v) is 9.03. The lowest BCUT2D eigenvalue weighted by Crippen LogP contribution is -2.06. The standard InChI is InChI=1S/C26H54O2/c1-2-3-4-5-6-7-8-9-10-11-12-13-14-15-16-17-18-19-20-23-26(28)24-21-22-25-27/h26-28H,2-25H2,1H3. The van der Waals surface area contributed by atoms with E-state index in [-0.39, 0.29) is 12.7 Å². The molecule has 170 valence electrons. The molecule has 2 nitrogen and oxygen atoms in total. The van der Waals surface area contributed by atoms with Crippen LogP contribution in [0, 0.1) is 0 Å². The van der Waals surface area contributed by atoms with Crippen LogP contribution in [0.1, 0.15) is 155 Å². The lowest BCUT2D eigenvalue weighted by atomic mass is 10.0. The van der Waals surface area contributed by atoms with Gasteiger partial charge in [-0.25, -0.2) is 0 Å². The predicted octanol–water partition coefficient (Wildman–Crippen LogP) is 8.33. The first-order valence-corrected chi connectivity index (χ1v) is 13.1. The maximum Gasteiger partial charge on any atom is 0.0540 e. The molecule has 0 fully saturated rings. The van der Waals surface area contributed by atoms with Gasteiger partial charge in [-0.15, -0.1) is 0 Å². The van der Waals surface area contributed by atoms with Crippen LogP contribution in [0.4, 0.5) is 0 Å². The largest absolute Gasteiger partial charge is 0.396 e. The molecular formula is C26H54O2. The van der Waals surface area contributed by atoms with Crippen molar-refractivity contribution in [3.05, 3.63) is 0 Å². The number of hydrogen-bond donors (Lipinski definition) is 2. The lowest BCUT2D eigenvalue weighted by molar-refractivity contribution is 0.144. The van der Waals surface area contributed by atoms with Gasteiger partial charge in [-0.1, -0.05) is 129 Å². The molecular weight excluding hydrogens is 344 g/mol. The van der Waals surface area contributed by atoms with Gasteiger partial charge in [0.1, 0.15) is 0 Å². The summed E-state index contributed by atoms with van der Waals surface area (Å²) in [6.07, 6.45) is 30.2. The van der Waals surface area contributed by atoms with E-state index < -0.39 is 0 Å². The Morgan fingerprint density at radius 3 is 1.04 bits per heavy atom. The van der Waals surface area contributed by atoms with Gasteiger partial charge in [-0.2, -0.15) is 0 Å². The first kappa shape index (κ1) is 27.9. The molecule has 0 heterocycles. The molecule has 2 heteroatoms. The maximum atomic E-state index is 9.84. The van der Waals surface area contributed by atoms with Gasteiger partial charge in [0, 0.05) is 6.61 Å². The molecule has 0 bridgehead atoms. The van der Waals surface area contributed by atoms with Crippen LogP contribution >= 0.6 is 0 Å². The van der Waals surface area contributed by atoms with Crippen molar-refractivity contribution in [3.8, 4) is 0 Å². The van der Waals surface area contributed by atoms with Crippen molar-refractivity contribution in [1.82, 2.24) is 0 Å². The fourth-order valence-corrected chi connectivity index (χ4v) is 4.09. The van der Waals surface area contributed by atoms with E-state index >= 15 is 0 Å². The van der Waals surface area contributed by atoms with Gasteiger partial charge in [0.05, 0.1) is 6.10 Å². The third-order valence-corrected chi connectivity index (χ3v) is 6.09. The van der Waals surface area contributed by atoms with Crippen LogP contribution in [0.5, 0.6) is 0 Å². The Kier molecular flexibility index (Phi) is 24.9. The van der Waals surface area contributed by atoms with Crippen molar-refractivity contribution in [1.29, 1.82) is 0 Å². The summed E-state index contributed by atoms with van der Waals surface area (Å²) in [5.74, 6) is 0. The molecule has 0 rings (SSSR count). The van der Waals surface area contributed by atoms with Crippen LogP contribution in [0.3, 0.4) is 0 Å². The average molecular weight is 399 g/mol. The molecule has 0 aromatic heterocycles. The molecule has 0 amide bonds. The van der Waals surface area contributed by atoms with Gasteiger partial charge >= 0.3 is 0 Å². The predicted molar refractivity (Wildman–Crippen MR) is 125 cm³/mol. The normalized spacial score (nSPS) is 12.5. The first-order chi connectivity index (χ1) is 13.8. The molecule has 0 saturated carbocycles. The summed E-state index contributed by atoms with van der Waals surface area (Å²) in [7, 11) is 0. The second-order valence-electron chi connectivity index (χ2n) is 9.03. The lowest BCUT2D eigenvalue weighted by Gasteiger charge is -2.09. The number of unbranched alkanes of at least 4 members (excludes halogenated alkanes) is 19. The van der Waals surface area contributed by atoms with Crippen LogP contribution in [-0.2, 0) is 0 Å². The molecule has 0 saturated heterocycles. The zero-order chi connectivity index (χ0) is 20.5. The summed E-state index contributed by atoms with van der Waals surface area (Å²) < 4.78 is 0. The van der Waals surface area contributed by atoms with Gasteiger partial charge < -0.3 is 10.2 Å². The quantitative estimate of drug-likeness (QED) is 0.160.